The zero-order valence-corrected chi connectivity index (χ0v) is 38.1. The minimum atomic E-state index is -1.67. The van der Waals surface area contributed by atoms with Gasteiger partial charge < -0.3 is 74.4 Å². The molecule has 360 valence electrons. The third-order valence-electron chi connectivity index (χ3n) is 19.3. The van der Waals surface area contributed by atoms with Crippen LogP contribution in [0.5, 0.6) is 0 Å². The first kappa shape index (κ1) is 48.1. The maximum Gasteiger partial charge on any atom is 0.314 e. The number of carbonyl (C=O) groups is 1. The van der Waals surface area contributed by atoms with Crippen molar-refractivity contribution < 1.29 is 79.2 Å². The summed E-state index contributed by atoms with van der Waals surface area (Å²) < 4.78 is 36.2. The third kappa shape index (κ3) is 7.33. The van der Waals surface area contributed by atoms with E-state index < -0.39 is 104 Å². The van der Waals surface area contributed by atoms with Crippen LogP contribution >= 0.6 is 0 Å². The van der Waals surface area contributed by atoms with E-state index in [1.807, 2.05) is 0 Å². The fourth-order valence-corrected chi connectivity index (χ4v) is 15.6. The van der Waals surface area contributed by atoms with Gasteiger partial charge in [-0.2, -0.15) is 0 Å². The average Bonchev–Trinajstić information content (AvgIpc) is 3.64. The SMILES string of the molecule is C=C(C)C1CCC2(C(=O)OC3OC(CO)C(O)C(O)C3O)CCC3(C)C(CCC4C5(C)CCC(OC6OCC(O)C(O)C6OC6OC(C)C(O)C(O)C6O)C(C)(C)C5CCC43C)C12. The van der Waals surface area contributed by atoms with E-state index >= 15 is 0 Å². The number of hydrogen-bond acceptors (Lipinski definition) is 16. The van der Waals surface area contributed by atoms with Gasteiger partial charge in [0, 0.05) is 0 Å². The van der Waals surface area contributed by atoms with Crippen molar-refractivity contribution in [1.82, 2.24) is 0 Å². The lowest BCUT2D eigenvalue weighted by Gasteiger charge is -2.73. The molecule has 0 amide bonds. The molecule has 0 spiro atoms. The quantitative estimate of drug-likeness (QED) is 0.0955. The van der Waals surface area contributed by atoms with Crippen LogP contribution in [0, 0.1) is 56.7 Å². The molecule has 8 rings (SSSR count). The van der Waals surface area contributed by atoms with Crippen LogP contribution in [0.25, 0.3) is 0 Å². The fraction of sp³-hybridized carbons (Fsp3) is 0.936. The fourth-order valence-electron chi connectivity index (χ4n) is 15.6. The molecule has 63 heavy (non-hydrogen) atoms. The second kappa shape index (κ2) is 17.0. The molecular weight excluding hydrogens is 821 g/mol. The Kier molecular flexibility index (Phi) is 13.0. The van der Waals surface area contributed by atoms with Gasteiger partial charge >= 0.3 is 5.97 Å². The normalized spacial score (nSPS) is 55.4. The van der Waals surface area contributed by atoms with E-state index in [1.54, 1.807) is 6.92 Å². The third-order valence-corrected chi connectivity index (χ3v) is 19.3. The average molecular weight is 897 g/mol. The maximum atomic E-state index is 14.7. The predicted molar refractivity (Wildman–Crippen MR) is 223 cm³/mol. The van der Waals surface area contributed by atoms with Gasteiger partial charge in [-0.25, -0.2) is 0 Å². The van der Waals surface area contributed by atoms with Crippen LogP contribution in [0.15, 0.2) is 12.2 Å². The van der Waals surface area contributed by atoms with E-state index in [0.717, 1.165) is 50.5 Å². The monoisotopic (exact) mass is 897 g/mol. The molecule has 3 heterocycles. The lowest BCUT2D eigenvalue weighted by molar-refractivity contribution is -0.365. The molecule has 3 aliphatic heterocycles. The largest absolute Gasteiger partial charge is 0.432 e. The van der Waals surface area contributed by atoms with E-state index in [9.17, 15) is 50.8 Å². The van der Waals surface area contributed by atoms with E-state index in [2.05, 4.69) is 48.1 Å². The molecule has 0 aromatic rings. The zero-order chi connectivity index (χ0) is 45.9. The summed E-state index contributed by atoms with van der Waals surface area (Å²) >= 11 is 0. The number of hydrogen-bond donors (Lipinski definition) is 9. The predicted octanol–water partition coefficient (Wildman–Crippen LogP) is 1.66. The molecule has 0 aromatic heterocycles. The van der Waals surface area contributed by atoms with Crippen molar-refractivity contribution >= 4 is 5.97 Å². The van der Waals surface area contributed by atoms with Crippen molar-refractivity contribution in [3.8, 4) is 0 Å². The number of aliphatic hydroxyl groups excluding tert-OH is 9. The van der Waals surface area contributed by atoms with Crippen molar-refractivity contribution in [3.63, 3.8) is 0 Å². The summed E-state index contributed by atoms with van der Waals surface area (Å²) in [7, 11) is 0. The van der Waals surface area contributed by atoms with Gasteiger partial charge in [-0.15, -0.1) is 0 Å². The molecule has 8 aliphatic rings. The number of esters is 1. The van der Waals surface area contributed by atoms with Crippen LogP contribution in [0.3, 0.4) is 0 Å². The Labute approximate surface area is 371 Å². The number of fused-ring (bicyclic) bond motifs is 7. The van der Waals surface area contributed by atoms with Crippen LogP contribution in [0.4, 0.5) is 0 Å². The molecular formula is C47H76O16. The Morgan fingerprint density at radius 3 is 2.05 bits per heavy atom. The molecule has 3 saturated heterocycles. The smallest absolute Gasteiger partial charge is 0.314 e. The van der Waals surface area contributed by atoms with Crippen molar-refractivity contribution in [1.29, 1.82) is 0 Å². The Hall–Kier alpha value is -1.35. The Morgan fingerprint density at radius 2 is 1.37 bits per heavy atom. The van der Waals surface area contributed by atoms with Crippen LogP contribution in [0.1, 0.15) is 113 Å². The van der Waals surface area contributed by atoms with E-state index in [-0.39, 0.29) is 58.0 Å². The van der Waals surface area contributed by atoms with Crippen molar-refractivity contribution in [2.75, 3.05) is 13.2 Å². The highest BCUT2D eigenvalue weighted by Gasteiger charge is 2.73. The molecule has 0 bridgehead atoms. The number of aliphatic hydroxyl groups is 9. The molecule has 9 N–H and O–H groups in total. The van der Waals surface area contributed by atoms with Gasteiger partial charge in [0.2, 0.25) is 6.29 Å². The first-order valence-electron chi connectivity index (χ1n) is 23.6. The molecule has 24 atom stereocenters. The lowest BCUT2D eigenvalue weighted by atomic mass is 9.32. The van der Waals surface area contributed by atoms with Crippen LogP contribution in [-0.4, -0.2) is 157 Å². The summed E-state index contributed by atoms with van der Waals surface area (Å²) in [6, 6.07) is 0. The van der Waals surface area contributed by atoms with Crippen molar-refractivity contribution in [3.05, 3.63) is 12.2 Å². The summed E-state index contributed by atoms with van der Waals surface area (Å²) in [6.45, 7) is 19.1. The molecule has 5 aliphatic carbocycles. The molecule has 5 saturated carbocycles. The Balaban J connectivity index is 1.01. The van der Waals surface area contributed by atoms with Crippen LogP contribution < -0.4 is 0 Å². The van der Waals surface area contributed by atoms with Gasteiger partial charge in [0.25, 0.3) is 0 Å². The number of rotatable bonds is 8. The van der Waals surface area contributed by atoms with Gasteiger partial charge in [-0.1, -0.05) is 46.8 Å². The Bertz CT molecular complexity index is 1700. The standard InChI is InChI=1S/C47H76O16/c1-21(2)23-11-16-47(42(57)63-40-37(56)35(54)33(52)26(19-48)60-40)18-17-45(7)24(30(23)47)9-10-28-44(6)14-13-29(43(4,5)27(44)12-15-46(28,45)8)61-41-38(32(51)25(49)20-58-41)62-39-36(55)34(53)31(50)22(3)59-39/h22-41,48-56H,1,9-20H2,2-8H3. The maximum absolute atomic E-state index is 14.7. The number of carbonyl (C=O) groups excluding carboxylic acids is 1. The van der Waals surface area contributed by atoms with Crippen molar-refractivity contribution in [2.24, 2.45) is 56.7 Å². The summed E-state index contributed by atoms with van der Waals surface area (Å²) in [5.41, 5.74) is -0.412. The highest BCUT2D eigenvalue weighted by Crippen LogP contribution is 2.78. The topological polar surface area (TPSA) is 255 Å². The second-order valence-corrected chi connectivity index (χ2v) is 22.5. The van der Waals surface area contributed by atoms with E-state index in [0.29, 0.717) is 25.2 Å². The lowest BCUT2D eigenvalue weighted by Crippen LogP contribution is -2.68. The number of allylic oxidation sites excluding steroid dienone is 1. The summed E-state index contributed by atoms with van der Waals surface area (Å²) in [5, 5.41) is 94.8. The van der Waals surface area contributed by atoms with Crippen LogP contribution in [-0.2, 0) is 33.2 Å². The van der Waals surface area contributed by atoms with Gasteiger partial charge in [0.15, 0.2) is 12.6 Å². The molecule has 0 aromatic carbocycles. The summed E-state index contributed by atoms with van der Waals surface area (Å²) in [6.07, 6.45) is -11.5. The summed E-state index contributed by atoms with van der Waals surface area (Å²) in [5.74, 6) is 0.399. The van der Waals surface area contributed by atoms with E-state index in [4.69, 9.17) is 28.4 Å². The molecule has 24 unspecified atom stereocenters. The molecule has 8 fully saturated rings. The molecule has 16 heteroatoms. The highest BCUT2D eigenvalue weighted by molar-refractivity contribution is 5.78. The van der Waals surface area contributed by atoms with Gasteiger partial charge in [-0.3, -0.25) is 4.79 Å². The van der Waals surface area contributed by atoms with Gasteiger partial charge in [-0.05, 0) is 129 Å². The second-order valence-electron chi connectivity index (χ2n) is 22.5. The van der Waals surface area contributed by atoms with Gasteiger partial charge in [0.1, 0.15) is 61.0 Å². The summed E-state index contributed by atoms with van der Waals surface area (Å²) in [4.78, 5) is 14.7. The van der Waals surface area contributed by atoms with Gasteiger partial charge in [0.05, 0.1) is 30.8 Å². The molecule has 16 nitrogen and oxygen atoms in total. The molecule has 0 radical (unpaired) electrons. The minimum absolute atomic E-state index is 0.0498. The first-order valence-corrected chi connectivity index (χ1v) is 23.6. The first-order chi connectivity index (χ1) is 29.5. The minimum Gasteiger partial charge on any atom is -0.432 e. The zero-order valence-electron chi connectivity index (χ0n) is 38.1. The highest BCUT2D eigenvalue weighted by atomic mass is 16.8. The number of ether oxygens (including phenoxy) is 6. The Morgan fingerprint density at radius 1 is 0.683 bits per heavy atom. The van der Waals surface area contributed by atoms with Crippen molar-refractivity contribution in [2.45, 2.75) is 205 Å². The van der Waals surface area contributed by atoms with Crippen LogP contribution in [0.2, 0.25) is 0 Å². The van der Waals surface area contributed by atoms with E-state index in [1.165, 1.54) is 0 Å².